The zero-order chi connectivity index (χ0) is 16.7. The van der Waals surface area contributed by atoms with Crippen LogP contribution in [-0.4, -0.2) is 37.6 Å². The Morgan fingerprint density at radius 1 is 0.727 bits per heavy atom. The fraction of sp³-hybridized carbons (Fsp3) is 1.00. The first-order valence-electron chi connectivity index (χ1n) is 8.63. The molecule has 0 spiro atoms. The monoisotopic (exact) mass is 314 g/mol. The van der Waals surface area contributed by atoms with Gasteiger partial charge in [-0.15, -0.1) is 0 Å². The van der Waals surface area contributed by atoms with Gasteiger partial charge in [-0.25, -0.2) is 9.78 Å². The molecule has 4 atom stereocenters. The van der Waals surface area contributed by atoms with E-state index in [-0.39, 0.29) is 35.2 Å². The van der Waals surface area contributed by atoms with E-state index in [2.05, 4.69) is 55.4 Å². The molecule has 2 fully saturated rings. The average Bonchev–Trinajstić information content (AvgIpc) is 3.25. The van der Waals surface area contributed by atoms with E-state index >= 15 is 0 Å². The van der Waals surface area contributed by atoms with Crippen molar-refractivity contribution in [1.82, 2.24) is 0 Å². The van der Waals surface area contributed by atoms with Crippen LogP contribution in [0.25, 0.3) is 0 Å². The van der Waals surface area contributed by atoms with E-state index in [0.717, 1.165) is 13.2 Å². The summed E-state index contributed by atoms with van der Waals surface area (Å²) in [6.07, 6.45) is 0.217. The topological polar surface area (TPSA) is 43.5 Å². The lowest BCUT2D eigenvalue weighted by Crippen LogP contribution is -2.45. The summed E-state index contributed by atoms with van der Waals surface area (Å²) in [5.74, 6) is 0.970. The number of epoxide rings is 2. The molecular formula is C18H34O4. The van der Waals surface area contributed by atoms with Gasteiger partial charge in [0, 0.05) is 0 Å². The second-order valence-corrected chi connectivity index (χ2v) is 8.73. The maximum atomic E-state index is 5.99. The van der Waals surface area contributed by atoms with E-state index in [9.17, 15) is 0 Å². The van der Waals surface area contributed by atoms with Crippen molar-refractivity contribution >= 4 is 0 Å². The highest BCUT2D eigenvalue weighted by Crippen LogP contribution is 2.42. The Balaban J connectivity index is 2.04. The molecule has 2 aliphatic rings. The first-order chi connectivity index (χ1) is 10.1. The molecule has 22 heavy (non-hydrogen) atoms. The number of hydrogen-bond donors (Lipinski definition) is 0. The average molecular weight is 314 g/mol. The molecule has 0 aromatic carbocycles. The predicted molar refractivity (Wildman–Crippen MR) is 86.5 cm³/mol. The fourth-order valence-electron chi connectivity index (χ4n) is 2.57. The van der Waals surface area contributed by atoms with Crippen LogP contribution < -0.4 is 0 Å². The van der Waals surface area contributed by atoms with E-state index in [4.69, 9.17) is 19.2 Å². The van der Waals surface area contributed by atoms with Gasteiger partial charge in [-0.05, 0) is 22.7 Å². The van der Waals surface area contributed by atoms with Gasteiger partial charge >= 0.3 is 0 Å². The Labute approximate surface area is 135 Å². The molecule has 0 radical (unpaired) electrons. The van der Waals surface area contributed by atoms with Crippen molar-refractivity contribution in [2.24, 2.45) is 22.7 Å². The van der Waals surface area contributed by atoms with Gasteiger partial charge in [0.25, 0.3) is 0 Å². The fourth-order valence-corrected chi connectivity index (χ4v) is 2.57. The summed E-state index contributed by atoms with van der Waals surface area (Å²) in [7, 11) is 0. The zero-order valence-corrected chi connectivity index (χ0v) is 15.5. The molecule has 2 rings (SSSR count). The van der Waals surface area contributed by atoms with Crippen LogP contribution in [0.1, 0.15) is 55.4 Å². The molecule has 0 saturated carbocycles. The molecule has 130 valence electrons. The Hall–Kier alpha value is -0.160. The smallest absolute Gasteiger partial charge is 0.127 e. The van der Waals surface area contributed by atoms with Crippen LogP contribution in [0.15, 0.2) is 0 Å². The lowest BCUT2D eigenvalue weighted by molar-refractivity contribution is -0.389. The molecule has 2 saturated heterocycles. The van der Waals surface area contributed by atoms with Crippen molar-refractivity contribution in [3.63, 3.8) is 0 Å². The molecule has 4 unspecified atom stereocenters. The molecule has 2 heterocycles. The summed E-state index contributed by atoms with van der Waals surface area (Å²) in [6.45, 7) is 19.3. The maximum Gasteiger partial charge on any atom is 0.127 e. The second kappa shape index (κ2) is 6.39. The van der Waals surface area contributed by atoms with Crippen molar-refractivity contribution < 1.29 is 19.2 Å². The van der Waals surface area contributed by atoms with Crippen molar-refractivity contribution in [3.8, 4) is 0 Å². The predicted octanol–water partition coefficient (Wildman–Crippen LogP) is 3.83. The van der Waals surface area contributed by atoms with E-state index in [1.54, 1.807) is 0 Å². The molecule has 0 aliphatic carbocycles. The van der Waals surface area contributed by atoms with Gasteiger partial charge in [-0.2, -0.15) is 0 Å². The first kappa shape index (κ1) is 18.2. The van der Waals surface area contributed by atoms with Crippen molar-refractivity contribution in [2.45, 2.75) is 79.8 Å². The number of ether oxygens (including phenoxy) is 2. The third kappa shape index (κ3) is 3.84. The van der Waals surface area contributed by atoms with Crippen LogP contribution in [0, 0.1) is 22.7 Å². The lowest BCUT2D eigenvalue weighted by atomic mass is 9.75. The molecule has 0 aromatic rings. The Morgan fingerprint density at radius 3 is 1.18 bits per heavy atom. The molecule has 0 aromatic heterocycles. The van der Waals surface area contributed by atoms with E-state index in [1.807, 2.05) is 0 Å². The van der Waals surface area contributed by atoms with Gasteiger partial charge in [-0.3, -0.25) is 0 Å². The van der Waals surface area contributed by atoms with Crippen molar-refractivity contribution in [1.29, 1.82) is 0 Å². The SMILES string of the molecule is CC(C)C(C)(C)C(OOC(C1CO1)C(C)(C)C(C)C)C1CO1. The highest BCUT2D eigenvalue weighted by atomic mass is 17.2. The Bertz CT molecular complexity index is 331. The van der Waals surface area contributed by atoms with Gasteiger partial charge in [0.05, 0.1) is 13.2 Å². The minimum atomic E-state index is -0.0447. The highest BCUT2D eigenvalue weighted by Gasteiger charge is 2.50. The van der Waals surface area contributed by atoms with Gasteiger partial charge in [0.15, 0.2) is 0 Å². The Kier molecular flexibility index (Phi) is 5.28. The minimum Gasteiger partial charge on any atom is -0.370 e. The standard InChI is InChI=1S/C18H34O4/c1-11(2)17(5,6)15(13-9-19-13)21-22-16(14-10-20-14)18(7,8)12(3)4/h11-16H,9-10H2,1-8H3. The molecule has 0 amide bonds. The Morgan fingerprint density at radius 2 is 1.00 bits per heavy atom. The normalized spacial score (nSPS) is 28.1. The van der Waals surface area contributed by atoms with Crippen LogP contribution in [0.5, 0.6) is 0 Å². The summed E-state index contributed by atoms with van der Waals surface area (Å²) >= 11 is 0. The van der Waals surface area contributed by atoms with Gasteiger partial charge in [-0.1, -0.05) is 55.4 Å². The molecule has 4 heteroatoms. The maximum absolute atomic E-state index is 5.99. The van der Waals surface area contributed by atoms with Crippen LogP contribution in [0.2, 0.25) is 0 Å². The van der Waals surface area contributed by atoms with Crippen LogP contribution in [0.3, 0.4) is 0 Å². The second-order valence-electron chi connectivity index (χ2n) is 8.73. The van der Waals surface area contributed by atoms with E-state index in [1.165, 1.54) is 0 Å². The minimum absolute atomic E-state index is 0.00189. The summed E-state index contributed by atoms with van der Waals surface area (Å²) in [6, 6.07) is 0. The summed E-state index contributed by atoms with van der Waals surface area (Å²) in [5, 5.41) is 0. The molecule has 2 aliphatic heterocycles. The quantitative estimate of drug-likeness (QED) is 0.368. The molecule has 4 nitrogen and oxygen atoms in total. The van der Waals surface area contributed by atoms with E-state index < -0.39 is 0 Å². The van der Waals surface area contributed by atoms with Crippen molar-refractivity contribution in [3.05, 3.63) is 0 Å². The number of hydrogen-bond acceptors (Lipinski definition) is 4. The molecular weight excluding hydrogens is 280 g/mol. The summed E-state index contributed by atoms with van der Waals surface area (Å²) < 4.78 is 11.0. The van der Waals surface area contributed by atoms with Crippen LogP contribution in [-0.2, 0) is 19.2 Å². The third-order valence-corrected chi connectivity index (χ3v) is 6.10. The molecule has 0 bridgehead atoms. The lowest BCUT2D eigenvalue weighted by Gasteiger charge is -2.40. The van der Waals surface area contributed by atoms with Gasteiger partial charge < -0.3 is 9.47 Å². The highest BCUT2D eigenvalue weighted by molar-refractivity contribution is 4.94. The summed E-state index contributed by atoms with van der Waals surface area (Å²) in [5.41, 5.74) is -0.00377. The van der Waals surface area contributed by atoms with E-state index in [0.29, 0.717) is 11.8 Å². The first-order valence-corrected chi connectivity index (χ1v) is 8.63. The van der Waals surface area contributed by atoms with Gasteiger partial charge in [0.1, 0.15) is 24.4 Å². The zero-order valence-electron chi connectivity index (χ0n) is 15.5. The van der Waals surface area contributed by atoms with Crippen molar-refractivity contribution in [2.75, 3.05) is 13.2 Å². The van der Waals surface area contributed by atoms with Crippen LogP contribution >= 0.6 is 0 Å². The third-order valence-electron chi connectivity index (χ3n) is 6.10. The largest absolute Gasteiger partial charge is 0.370 e. The van der Waals surface area contributed by atoms with Crippen LogP contribution in [0.4, 0.5) is 0 Å². The van der Waals surface area contributed by atoms with Gasteiger partial charge in [0.2, 0.25) is 0 Å². The number of rotatable bonds is 9. The molecule has 0 N–H and O–H groups in total. The summed E-state index contributed by atoms with van der Waals surface area (Å²) in [4.78, 5) is 12.0.